The van der Waals surface area contributed by atoms with Crippen LogP contribution in [-0.2, 0) is 47.0 Å². The summed E-state index contributed by atoms with van der Waals surface area (Å²) in [6.07, 6.45) is -0.951. The molecule has 1 aliphatic heterocycles. The van der Waals surface area contributed by atoms with Gasteiger partial charge in [-0.05, 0) is 57.1 Å². The molecule has 254 valence electrons. The molecular weight excluding hydrogens is 662 g/mol. The summed E-state index contributed by atoms with van der Waals surface area (Å²) in [7, 11) is -5.02. The first kappa shape index (κ1) is 35.2. The summed E-state index contributed by atoms with van der Waals surface area (Å²) in [6, 6.07) is 7.24. The third kappa shape index (κ3) is 8.38. The van der Waals surface area contributed by atoms with E-state index in [2.05, 4.69) is 24.8 Å². The van der Waals surface area contributed by atoms with Gasteiger partial charge in [-0.2, -0.15) is 18.6 Å². The van der Waals surface area contributed by atoms with Gasteiger partial charge in [0.25, 0.3) is 17.9 Å². The maximum absolute atomic E-state index is 13.2. The Hall–Kier alpha value is -4.67. The molecule has 2 amide bonds. The number of nitrogen functional groups attached to an aromatic ring is 1. The first-order chi connectivity index (χ1) is 22.1. The number of β-lactam (4-membered cyclic amide) rings is 1. The van der Waals surface area contributed by atoms with E-state index in [0.717, 1.165) is 29.0 Å². The van der Waals surface area contributed by atoms with E-state index in [-0.39, 0.29) is 10.8 Å². The number of amides is 2. The molecule has 3 heterocycles. The Kier molecular flexibility index (Phi) is 10.8. The second kappa shape index (κ2) is 14.4. The zero-order valence-corrected chi connectivity index (χ0v) is 26.7. The van der Waals surface area contributed by atoms with Crippen LogP contribution in [-0.4, -0.2) is 92.2 Å². The van der Waals surface area contributed by atoms with Gasteiger partial charge in [0.15, 0.2) is 10.8 Å². The van der Waals surface area contributed by atoms with Crippen molar-refractivity contribution in [2.24, 2.45) is 16.6 Å². The molecular formula is C26H33N9O10S2. The number of aliphatic carboxylic acids is 1. The lowest BCUT2D eigenvalue weighted by Gasteiger charge is -2.50. The summed E-state index contributed by atoms with van der Waals surface area (Å²) in [5, 5.41) is 22.2. The number of anilines is 1. The van der Waals surface area contributed by atoms with E-state index in [0.29, 0.717) is 36.1 Å². The quantitative estimate of drug-likeness (QED) is 0.0476. The van der Waals surface area contributed by atoms with Gasteiger partial charge in [0.1, 0.15) is 24.1 Å². The summed E-state index contributed by atoms with van der Waals surface area (Å²) in [4.78, 5) is 46.8. The van der Waals surface area contributed by atoms with Crippen LogP contribution >= 0.6 is 11.3 Å². The van der Waals surface area contributed by atoms with Crippen molar-refractivity contribution >= 4 is 50.4 Å². The molecule has 0 spiro atoms. The average molecular weight is 696 g/mol. The molecule has 1 saturated heterocycles. The molecule has 21 heteroatoms. The minimum atomic E-state index is -5.02. The third-order valence-corrected chi connectivity index (χ3v) is 7.86. The van der Waals surface area contributed by atoms with Crippen LogP contribution in [0.1, 0.15) is 31.7 Å². The van der Waals surface area contributed by atoms with Crippen molar-refractivity contribution < 1.29 is 46.3 Å². The fourth-order valence-electron chi connectivity index (χ4n) is 4.37. The lowest BCUT2D eigenvalue weighted by Crippen LogP contribution is -2.76. The van der Waals surface area contributed by atoms with Gasteiger partial charge >= 0.3 is 16.4 Å². The molecule has 2 unspecified atom stereocenters. The zero-order valence-electron chi connectivity index (χ0n) is 25.1. The van der Waals surface area contributed by atoms with Crippen LogP contribution in [0.25, 0.3) is 11.3 Å². The van der Waals surface area contributed by atoms with Gasteiger partial charge < -0.3 is 37.2 Å². The Balaban J connectivity index is 1.45. The number of nitrogens with two attached hydrogens (primary N) is 3. The minimum absolute atomic E-state index is 0.0522. The van der Waals surface area contributed by atoms with E-state index in [9.17, 15) is 27.9 Å². The van der Waals surface area contributed by atoms with Gasteiger partial charge in [-0.3, -0.25) is 18.8 Å². The number of nitrogens with zero attached hydrogens (tertiary/aromatic N) is 5. The minimum Gasteiger partial charge on any atom is -0.489 e. The van der Waals surface area contributed by atoms with Gasteiger partial charge in [-0.25, -0.2) is 9.78 Å². The monoisotopic (exact) mass is 695 g/mol. The Labute approximate surface area is 272 Å². The highest BCUT2D eigenvalue weighted by Gasteiger charge is 2.58. The number of aryl methyl sites for hydroxylation is 1. The molecule has 47 heavy (non-hydrogen) atoms. The van der Waals surface area contributed by atoms with E-state index < -0.39 is 58.2 Å². The maximum Gasteiger partial charge on any atom is 0.418 e. The number of carbonyl (C=O) groups is 3. The molecule has 1 aromatic carbocycles. The lowest BCUT2D eigenvalue weighted by atomic mass is 9.84. The predicted octanol–water partition coefficient (Wildman–Crippen LogP) is -0.511. The van der Waals surface area contributed by atoms with E-state index in [4.69, 9.17) is 31.3 Å². The molecule has 3 aromatic rings. The number of carbonyl (C=O) groups excluding carboxylic acids is 2. The summed E-state index contributed by atoms with van der Waals surface area (Å²) in [5.41, 5.74) is 17.4. The molecule has 0 saturated carbocycles. The van der Waals surface area contributed by atoms with Crippen molar-refractivity contribution in [3.63, 3.8) is 0 Å². The molecule has 2 aromatic heterocycles. The second-order valence-corrected chi connectivity index (χ2v) is 12.5. The number of thiazole rings is 1. The number of hydrogen-bond acceptors (Lipinski definition) is 15. The van der Waals surface area contributed by atoms with Crippen molar-refractivity contribution in [2.75, 3.05) is 18.9 Å². The number of nitrogens with one attached hydrogen (secondary N) is 1. The number of aromatic nitrogens is 3. The number of oxime groups is 1. The SMILES string of the molecule is CC1(C)C(NC(=O)C(=NOC(COc2ccc(-c3cc(CN)n(CCCN)n3)cc2)C(=O)O)c2csc(N)n2)C(=O)N1OS(=O)(=O)O. The summed E-state index contributed by atoms with van der Waals surface area (Å²) < 4.78 is 42.8. The van der Waals surface area contributed by atoms with E-state index in [1.807, 2.05) is 6.07 Å². The standard InChI is InChI=1S/C26H33N9O10S2/c1-26(2)21(23(37)35(26)45-47(40,41)42)31-22(36)20(18-13-46-25(29)30-18)33-44-19(24(38)39)12-43-16-6-4-14(5-7-16)17-10-15(11-28)34(32-17)9-3-8-27/h4-7,10,13,19,21H,3,8-9,11-12,27-28H2,1-2H3,(H2,29,30)(H,31,36)(H,38,39)(H,40,41,42). The molecule has 4 rings (SSSR count). The number of hydrogen-bond donors (Lipinski definition) is 6. The van der Waals surface area contributed by atoms with Crippen LogP contribution in [0, 0.1) is 0 Å². The predicted molar refractivity (Wildman–Crippen MR) is 166 cm³/mol. The number of carboxylic acid groups (broad SMARTS) is 1. The van der Waals surface area contributed by atoms with Crippen molar-refractivity contribution in [3.8, 4) is 17.0 Å². The van der Waals surface area contributed by atoms with Gasteiger partial charge in [0, 0.05) is 24.0 Å². The highest BCUT2D eigenvalue weighted by Crippen LogP contribution is 2.33. The van der Waals surface area contributed by atoms with Gasteiger partial charge in [0.2, 0.25) is 0 Å². The molecule has 0 aliphatic carbocycles. The highest BCUT2D eigenvalue weighted by atomic mass is 32.3. The van der Waals surface area contributed by atoms with Crippen LogP contribution < -0.4 is 27.3 Å². The maximum atomic E-state index is 13.2. The van der Waals surface area contributed by atoms with E-state index >= 15 is 0 Å². The Bertz CT molecular complexity index is 1760. The third-order valence-electron chi connectivity index (χ3n) is 6.85. The molecule has 0 radical (unpaired) electrons. The van der Waals surface area contributed by atoms with E-state index in [1.165, 1.54) is 19.2 Å². The van der Waals surface area contributed by atoms with Gasteiger partial charge in [0.05, 0.1) is 16.9 Å². The van der Waals surface area contributed by atoms with Crippen LogP contribution in [0.5, 0.6) is 5.75 Å². The van der Waals surface area contributed by atoms with Crippen LogP contribution in [0.15, 0.2) is 40.9 Å². The smallest absolute Gasteiger partial charge is 0.418 e. The van der Waals surface area contributed by atoms with Crippen LogP contribution in [0.3, 0.4) is 0 Å². The normalized spacial score (nSPS) is 16.8. The second-order valence-electron chi connectivity index (χ2n) is 10.6. The Morgan fingerprint density at radius 3 is 2.49 bits per heavy atom. The summed E-state index contributed by atoms with van der Waals surface area (Å²) in [5.74, 6) is -3.19. The lowest BCUT2D eigenvalue weighted by molar-refractivity contribution is -0.218. The fourth-order valence-corrected chi connectivity index (χ4v) is 5.37. The summed E-state index contributed by atoms with van der Waals surface area (Å²) in [6.45, 7) is 3.64. The Morgan fingerprint density at radius 2 is 1.94 bits per heavy atom. The van der Waals surface area contributed by atoms with Crippen molar-refractivity contribution in [2.45, 2.75) is 51.0 Å². The largest absolute Gasteiger partial charge is 0.489 e. The number of rotatable bonds is 16. The number of carboxylic acids is 1. The average Bonchev–Trinajstić information content (AvgIpc) is 3.64. The molecule has 1 fully saturated rings. The molecule has 1 aliphatic rings. The molecule has 2 atom stereocenters. The Morgan fingerprint density at radius 1 is 1.23 bits per heavy atom. The van der Waals surface area contributed by atoms with Crippen molar-refractivity contribution in [1.82, 2.24) is 25.1 Å². The number of hydroxylamine groups is 2. The van der Waals surface area contributed by atoms with Crippen molar-refractivity contribution in [1.29, 1.82) is 0 Å². The number of ether oxygens (including phenoxy) is 1. The summed E-state index contributed by atoms with van der Waals surface area (Å²) >= 11 is 0.953. The topological polar surface area (TPSA) is 290 Å². The fraction of sp³-hybridized carbons (Fsp3) is 0.385. The first-order valence-electron chi connectivity index (χ1n) is 13.8. The molecule has 0 bridgehead atoms. The zero-order chi connectivity index (χ0) is 34.5. The van der Waals surface area contributed by atoms with Gasteiger partial charge in [-0.15, -0.1) is 15.6 Å². The highest BCUT2D eigenvalue weighted by molar-refractivity contribution is 7.80. The molecule has 19 nitrogen and oxygen atoms in total. The van der Waals surface area contributed by atoms with Crippen LogP contribution in [0.2, 0.25) is 0 Å². The first-order valence-corrected chi connectivity index (χ1v) is 16.1. The van der Waals surface area contributed by atoms with Gasteiger partial charge in [-0.1, -0.05) is 5.16 Å². The van der Waals surface area contributed by atoms with Crippen molar-refractivity contribution in [3.05, 3.63) is 47.1 Å². The number of benzene rings is 1. The van der Waals surface area contributed by atoms with Crippen LogP contribution in [0.4, 0.5) is 5.13 Å². The van der Waals surface area contributed by atoms with E-state index in [1.54, 1.807) is 28.9 Å². The molecule has 9 N–H and O–H groups in total.